The first-order valence-electron chi connectivity index (χ1n) is 14.7. The number of hydrogen-bond acceptors (Lipinski definition) is 10. The number of hydrogen-bond donors (Lipinski definition) is 0. The van der Waals surface area contributed by atoms with E-state index in [1.54, 1.807) is 9.80 Å². The number of fused-ring (bicyclic) bond motifs is 1. The molecule has 2 saturated heterocycles. The van der Waals surface area contributed by atoms with Crippen LogP contribution in [0.4, 0.5) is 10.5 Å². The number of ether oxygens (including phenoxy) is 2. The first-order valence-corrected chi connectivity index (χ1v) is 19.4. The number of nitro groups is 1. The molecule has 2 amide bonds. The number of carbonyl (C=O) groups excluding carboxylic acids is 3. The van der Waals surface area contributed by atoms with Gasteiger partial charge in [-0.25, -0.2) is 9.59 Å². The Labute approximate surface area is 268 Å². The summed E-state index contributed by atoms with van der Waals surface area (Å²) >= 11 is 2.96. The Bertz CT molecular complexity index is 1330. The minimum Gasteiger partial charge on any atom is -0.456 e. The highest BCUT2D eigenvalue weighted by atomic mass is 32.2. The van der Waals surface area contributed by atoms with Gasteiger partial charge in [-0.15, -0.1) is 11.8 Å². The lowest BCUT2D eigenvalue weighted by Crippen LogP contribution is -2.63. The van der Waals surface area contributed by atoms with E-state index in [0.717, 1.165) is 0 Å². The molecule has 14 heteroatoms. The summed E-state index contributed by atoms with van der Waals surface area (Å²) in [5, 5.41) is 10.7. The van der Waals surface area contributed by atoms with Crippen LogP contribution in [0.5, 0.6) is 0 Å². The summed E-state index contributed by atoms with van der Waals surface area (Å²) in [6, 6.07) is 5.78. The van der Waals surface area contributed by atoms with Gasteiger partial charge in [-0.05, 0) is 48.7 Å². The van der Waals surface area contributed by atoms with E-state index >= 15 is 0 Å². The molecule has 11 nitrogen and oxygen atoms in total. The van der Waals surface area contributed by atoms with Crippen LogP contribution in [0.25, 0.3) is 0 Å². The second kappa shape index (κ2) is 13.7. The van der Waals surface area contributed by atoms with Gasteiger partial charge in [-0.2, -0.15) is 0 Å². The quantitative estimate of drug-likeness (QED) is 0.0630. The zero-order chi connectivity index (χ0) is 32.4. The van der Waals surface area contributed by atoms with Crippen molar-refractivity contribution in [1.29, 1.82) is 0 Å². The normalized spacial score (nSPS) is 22.4. The minimum atomic E-state index is -2.17. The fourth-order valence-corrected chi connectivity index (χ4v) is 9.67. The maximum atomic E-state index is 13.7. The largest absolute Gasteiger partial charge is 0.456 e. The molecule has 0 aromatic heterocycles. The monoisotopic (exact) mass is 663 g/mol. The van der Waals surface area contributed by atoms with Crippen LogP contribution in [-0.2, 0) is 30.1 Å². The third-order valence-electron chi connectivity index (χ3n) is 8.51. The van der Waals surface area contributed by atoms with Gasteiger partial charge in [-0.3, -0.25) is 19.8 Å². The molecule has 2 fully saturated rings. The van der Waals surface area contributed by atoms with E-state index < -0.39 is 31.2 Å². The van der Waals surface area contributed by atoms with E-state index in [2.05, 4.69) is 40.4 Å². The molecule has 0 saturated carbocycles. The number of likely N-dealkylation sites (tertiary alicyclic amines) is 1. The Morgan fingerprint density at radius 3 is 2.52 bits per heavy atom. The zero-order valence-electron chi connectivity index (χ0n) is 26.1. The molecule has 3 aliphatic rings. The molecule has 0 N–H and O–H groups in total. The van der Waals surface area contributed by atoms with Gasteiger partial charge >= 0.3 is 12.1 Å². The molecule has 0 spiro atoms. The molecule has 44 heavy (non-hydrogen) atoms. The van der Waals surface area contributed by atoms with E-state index in [1.807, 2.05) is 6.92 Å². The summed E-state index contributed by atoms with van der Waals surface area (Å²) in [4.78, 5) is 53.4. The van der Waals surface area contributed by atoms with E-state index in [0.29, 0.717) is 35.7 Å². The molecule has 0 radical (unpaired) electrons. The Kier molecular flexibility index (Phi) is 10.6. The number of non-ortho nitro benzene ring substituents is 1. The molecule has 0 bridgehead atoms. The molecule has 4 atom stereocenters. The molecular weight excluding hydrogens is 623 g/mol. The van der Waals surface area contributed by atoms with Crippen LogP contribution in [0.3, 0.4) is 0 Å². The molecule has 4 rings (SSSR count). The third-order valence-corrected chi connectivity index (χ3v) is 15.9. The van der Waals surface area contributed by atoms with Crippen molar-refractivity contribution >= 4 is 55.5 Å². The van der Waals surface area contributed by atoms with Crippen LogP contribution in [0.2, 0.25) is 18.1 Å². The summed E-state index contributed by atoms with van der Waals surface area (Å²) in [6.45, 7) is 17.4. The summed E-state index contributed by atoms with van der Waals surface area (Å²) in [5.41, 5.74) is 0.744. The van der Waals surface area contributed by atoms with Crippen molar-refractivity contribution < 1.29 is 33.2 Å². The number of nitro benzene ring substituents is 1. The zero-order valence-corrected chi connectivity index (χ0v) is 28.7. The van der Waals surface area contributed by atoms with Crippen LogP contribution in [0.1, 0.15) is 46.1 Å². The van der Waals surface area contributed by atoms with Gasteiger partial charge in [0.25, 0.3) is 5.69 Å². The van der Waals surface area contributed by atoms with Crippen LogP contribution < -0.4 is 0 Å². The van der Waals surface area contributed by atoms with Crippen LogP contribution in [0.15, 0.2) is 46.9 Å². The molecule has 0 unspecified atom stereocenters. The number of benzene rings is 1. The number of rotatable bonds is 12. The fourth-order valence-electron chi connectivity index (χ4n) is 4.98. The number of amides is 2. The Hall–Kier alpha value is -2.81. The van der Waals surface area contributed by atoms with Crippen LogP contribution >= 0.6 is 23.5 Å². The fraction of sp³-hybridized carbons (Fsp3) is 0.567. The van der Waals surface area contributed by atoms with Gasteiger partial charge in [0.1, 0.15) is 18.6 Å². The average molecular weight is 664 g/mol. The number of esters is 1. The summed E-state index contributed by atoms with van der Waals surface area (Å²) < 4.78 is 18.3. The third kappa shape index (κ3) is 7.18. The van der Waals surface area contributed by atoms with Crippen LogP contribution in [0, 0.1) is 16.0 Å². The maximum absolute atomic E-state index is 13.7. The number of nitrogens with zero attached hydrogens (tertiary/aromatic N) is 3. The van der Waals surface area contributed by atoms with Crippen molar-refractivity contribution in [3.63, 3.8) is 0 Å². The van der Waals surface area contributed by atoms with Crippen molar-refractivity contribution in [2.24, 2.45) is 5.92 Å². The van der Waals surface area contributed by atoms with Gasteiger partial charge in [-0.1, -0.05) is 52.1 Å². The first-order chi connectivity index (χ1) is 20.7. The van der Waals surface area contributed by atoms with E-state index in [1.165, 1.54) is 53.9 Å². The predicted molar refractivity (Wildman–Crippen MR) is 173 cm³/mol. The lowest BCUT2D eigenvalue weighted by molar-refractivity contribution is -0.384. The molecule has 3 heterocycles. The van der Waals surface area contributed by atoms with Crippen LogP contribution in [-0.4, -0.2) is 77.4 Å². The molecule has 240 valence electrons. The molecule has 1 aromatic rings. The smallest absolute Gasteiger partial charge is 0.410 e. The SMILES string of the molecule is C=CCOC(=O)N1CC[C@H](SC2=C(C(=O)OCc3ccc([N+](=O)[O-])cc3)N3C(=O)[C@@H]([C@H](CC)O[Si](C)(C)C(C)(C)C)[C@H]3S2)C1. The molecule has 3 aliphatic heterocycles. The van der Waals surface area contributed by atoms with Crippen molar-refractivity contribution in [1.82, 2.24) is 9.80 Å². The summed E-state index contributed by atoms with van der Waals surface area (Å²) in [7, 11) is -2.17. The van der Waals surface area contributed by atoms with Gasteiger partial charge in [0.2, 0.25) is 5.91 Å². The highest BCUT2D eigenvalue weighted by molar-refractivity contribution is 8.23. The van der Waals surface area contributed by atoms with Gasteiger partial charge in [0, 0.05) is 30.5 Å². The van der Waals surface area contributed by atoms with E-state index in [9.17, 15) is 24.5 Å². The van der Waals surface area contributed by atoms with Crippen molar-refractivity contribution in [2.75, 3.05) is 19.7 Å². The van der Waals surface area contributed by atoms with Gasteiger partial charge in [0.05, 0.1) is 21.2 Å². The van der Waals surface area contributed by atoms with Crippen molar-refractivity contribution in [3.05, 3.63) is 62.5 Å². The average Bonchev–Trinajstić information content (AvgIpc) is 3.56. The van der Waals surface area contributed by atoms with E-state index in [-0.39, 0.29) is 52.3 Å². The molecule has 0 aliphatic carbocycles. The van der Waals surface area contributed by atoms with Gasteiger partial charge in [0.15, 0.2) is 14.0 Å². The standard InChI is InChI=1S/C30H41N3O8S2Si/c1-8-16-39-29(36)31-15-14-21(17-31)42-28-24(27(35)40-18-19-10-12-20(13-11-19)33(37)38)32-25(34)23(26(32)43-28)22(9-2)41-44(6,7)30(3,4)5/h8,10-13,21-23,26H,1,9,14-18H2,2-7H3/t21-,22-,23+,26+/m0/s1. The molecule has 1 aromatic carbocycles. The Morgan fingerprint density at radius 1 is 1.25 bits per heavy atom. The predicted octanol–water partition coefficient (Wildman–Crippen LogP) is 6.27. The minimum absolute atomic E-state index is 0.00367. The highest BCUT2D eigenvalue weighted by Crippen LogP contribution is 2.56. The summed E-state index contributed by atoms with van der Waals surface area (Å²) in [6.07, 6.45) is 2.21. The topological polar surface area (TPSA) is 129 Å². The Morgan fingerprint density at radius 2 is 1.93 bits per heavy atom. The maximum Gasteiger partial charge on any atom is 0.410 e. The van der Waals surface area contributed by atoms with Gasteiger partial charge < -0.3 is 18.8 Å². The summed E-state index contributed by atoms with van der Waals surface area (Å²) in [5.74, 6) is -1.19. The first kappa shape index (κ1) is 34.1. The Balaban J connectivity index is 1.53. The van der Waals surface area contributed by atoms with Crippen molar-refractivity contribution in [2.45, 2.75) is 82.0 Å². The lowest BCUT2D eigenvalue weighted by Gasteiger charge is -2.48. The second-order valence-corrected chi connectivity index (χ2v) is 20.0. The number of β-lactam (4-membered cyclic amide) rings is 1. The van der Waals surface area contributed by atoms with E-state index in [4.69, 9.17) is 13.9 Å². The lowest BCUT2D eigenvalue weighted by atomic mass is 9.90. The highest BCUT2D eigenvalue weighted by Gasteiger charge is 2.60. The number of carbonyl (C=O) groups is 3. The molecular formula is C30H41N3O8S2Si. The number of thioether (sulfide) groups is 2. The van der Waals surface area contributed by atoms with Crippen molar-refractivity contribution in [3.8, 4) is 0 Å². The second-order valence-electron chi connectivity index (χ2n) is 12.5.